The summed E-state index contributed by atoms with van der Waals surface area (Å²) in [4.78, 5) is 28.3. The minimum Gasteiger partial charge on any atom is -0.497 e. The van der Waals surface area contributed by atoms with Gasteiger partial charge in [0, 0.05) is 17.8 Å². The second-order valence-corrected chi connectivity index (χ2v) is 8.28. The highest BCUT2D eigenvalue weighted by molar-refractivity contribution is 6.00. The van der Waals surface area contributed by atoms with E-state index in [-0.39, 0.29) is 24.1 Å². The molecule has 1 saturated heterocycles. The zero-order chi connectivity index (χ0) is 24.2. The van der Waals surface area contributed by atoms with Crippen molar-refractivity contribution in [2.24, 2.45) is 5.92 Å². The average Bonchev–Trinajstić information content (AvgIpc) is 2.86. The number of halogens is 1. The molecule has 1 N–H and O–H groups in total. The number of anilines is 2. The van der Waals surface area contributed by atoms with Crippen LogP contribution in [0.2, 0.25) is 0 Å². The zero-order valence-electron chi connectivity index (χ0n) is 19.4. The van der Waals surface area contributed by atoms with Crippen LogP contribution in [0.3, 0.4) is 0 Å². The lowest BCUT2D eigenvalue weighted by atomic mass is 9.83. The number of nitrogens with zero attached hydrogens (tertiary/aromatic N) is 1. The molecule has 3 aromatic carbocycles. The molecule has 7 heteroatoms. The molecule has 3 aromatic rings. The van der Waals surface area contributed by atoms with Gasteiger partial charge in [0.2, 0.25) is 11.8 Å². The van der Waals surface area contributed by atoms with Crippen molar-refractivity contribution >= 4 is 23.2 Å². The SMILES string of the molecule is COc1ccc(C2C(C(=O)Nc3ccc(C)c(F)c3)CCC(=O)N2c2ccc(OC)cc2)cc1. The molecule has 2 unspecified atom stereocenters. The Balaban J connectivity index is 1.72. The lowest BCUT2D eigenvalue weighted by Gasteiger charge is -2.41. The van der Waals surface area contributed by atoms with Crippen LogP contribution in [-0.4, -0.2) is 26.0 Å². The highest BCUT2D eigenvalue weighted by Crippen LogP contribution is 2.41. The summed E-state index contributed by atoms with van der Waals surface area (Å²) in [6, 6.07) is 18.6. The van der Waals surface area contributed by atoms with Crippen molar-refractivity contribution in [3.63, 3.8) is 0 Å². The number of piperidine rings is 1. The molecular weight excluding hydrogens is 435 g/mol. The fourth-order valence-corrected chi connectivity index (χ4v) is 4.30. The van der Waals surface area contributed by atoms with Crippen LogP contribution in [0.4, 0.5) is 15.8 Å². The summed E-state index contributed by atoms with van der Waals surface area (Å²) >= 11 is 0. The molecule has 1 aliphatic heterocycles. The van der Waals surface area contributed by atoms with Crippen LogP contribution < -0.4 is 19.7 Å². The Bertz CT molecular complexity index is 1180. The van der Waals surface area contributed by atoms with Crippen molar-refractivity contribution in [3.05, 3.63) is 83.7 Å². The maximum atomic E-state index is 14.1. The molecule has 1 aliphatic rings. The Hall–Kier alpha value is -3.87. The second kappa shape index (κ2) is 9.95. The van der Waals surface area contributed by atoms with Crippen LogP contribution >= 0.6 is 0 Å². The third-order valence-corrected chi connectivity index (χ3v) is 6.18. The van der Waals surface area contributed by atoms with Crippen LogP contribution in [0.5, 0.6) is 11.5 Å². The van der Waals surface area contributed by atoms with E-state index in [1.54, 1.807) is 50.3 Å². The van der Waals surface area contributed by atoms with E-state index in [0.29, 0.717) is 34.9 Å². The van der Waals surface area contributed by atoms with Gasteiger partial charge in [0.05, 0.1) is 26.2 Å². The predicted molar refractivity (Wildman–Crippen MR) is 129 cm³/mol. The van der Waals surface area contributed by atoms with Crippen LogP contribution in [-0.2, 0) is 9.59 Å². The second-order valence-electron chi connectivity index (χ2n) is 8.28. The van der Waals surface area contributed by atoms with Gasteiger partial charge in [0.15, 0.2) is 0 Å². The van der Waals surface area contributed by atoms with Gasteiger partial charge in [-0.05, 0) is 73.0 Å². The summed E-state index contributed by atoms with van der Waals surface area (Å²) in [5, 5.41) is 2.85. The number of aryl methyl sites for hydroxylation is 1. The fraction of sp³-hybridized carbons (Fsp3) is 0.259. The molecule has 1 fully saturated rings. The van der Waals surface area contributed by atoms with Crippen LogP contribution in [0.1, 0.15) is 30.0 Å². The molecule has 1 heterocycles. The zero-order valence-corrected chi connectivity index (χ0v) is 19.4. The lowest BCUT2D eigenvalue weighted by molar-refractivity contribution is -0.125. The quantitative estimate of drug-likeness (QED) is 0.542. The van der Waals surface area contributed by atoms with Gasteiger partial charge in [-0.3, -0.25) is 9.59 Å². The molecule has 2 atom stereocenters. The molecule has 0 saturated carbocycles. The predicted octanol–water partition coefficient (Wildman–Crippen LogP) is 5.27. The molecule has 2 amide bonds. The number of benzene rings is 3. The third-order valence-electron chi connectivity index (χ3n) is 6.18. The molecule has 0 aromatic heterocycles. The van der Waals surface area contributed by atoms with Crippen molar-refractivity contribution in [2.75, 3.05) is 24.4 Å². The number of carbonyl (C=O) groups is 2. The summed E-state index contributed by atoms with van der Waals surface area (Å²) in [6.45, 7) is 1.67. The van der Waals surface area contributed by atoms with Gasteiger partial charge in [-0.25, -0.2) is 4.39 Å². The minimum atomic E-state index is -0.546. The lowest BCUT2D eigenvalue weighted by Crippen LogP contribution is -2.47. The summed E-state index contributed by atoms with van der Waals surface area (Å²) < 4.78 is 24.6. The normalized spacial score (nSPS) is 17.9. The Kier molecular flexibility index (Phi) is 6.82. The smallest absolute Gasteiger partial charge is 0.229 e. The van der Waals surface area contributed by atoms with Gasteiger partial charge in [-0.15, -0.1) is 0 Å². The van der Waals surface area contributed by atoms with E-state index in [4.69, 9.17) is 9.47 Å². The summed E-state index contributed by atoms with van der Waals surface area (Å²) in [5.41, 5.74) is 2.36. The van der Waals surface area contributed by atoms with Crippen molar-refractivity contribution in [1.82, 2.24) is 0 Å². The summed E-state index contributed by atoms with van der Waals surface area (Å²) in [7, 11) is 3.16. The molecule has 0 aliphatic carbocycles. The van der Waals surface area contributed by atoms with Gasteiger partial charge >= 0.3 is 0 Å². The number of methoxy groups -OCH3 is 2. The molecule has 0 bridgehead atoms. The number of amides is 2. The van der Waals surface area contributed by atoms with Crippen LogP contribution in [0.25, 0.3) is 0 Å². The number of ether oxygens (including phenoxy) is 2. The van der Waals surface area contributed by atoms with E-state index >= 15 is 0 Å². The van der Waals surface area contributed by atoms with E-state index in [9.17, 15) is 14.0 Å². The van der Waals surface area contributed by atoms with Crippen LogP contribution in [0.15, 0.2) is 66.7 Å². The van der Waals surface area contributed by atoms with Gasteiger partial charge < -0.3 is 19.7 Å². The Labute approximate surface area is 198 Å². The first kappa shape index (κ1) is 23.3. The first-order valence-electron chi connectivity index (χ1n) is 11.1. The Morgan fingerprint density at radius 1 is 0.971 bits per heavy atom. The topological polar surface area (TPSA) is 67.9 Å². The standard InChI is InChI=1S/C27H27FN2O4/c1-17-4-7-19(16-24(17)28)29-27(32)23-14-15-25(31)30(20-8-12-22(34-3)13-9-20)26(23)18-5-10-21(33-2)11-6-18/h4-13,16,23,26H,14-15H2,1-3H3,(H,29,32). The highest BCUT2D eigenvalue weighted by Gasteiger charge is 2.41. The summed E-state index contributed by atoms with van der Waals surface area (Å²) in [5.74, 6) is 0.0788. The monoisotopic (exact) mass is 462 g/mol. The minimum absolute atomic E-state index is 0.0728. The number of carbonyl (C=O) groups excluding carboxylic acids is 2. The molecular formula is C27H27FN2O4. The average molecular weight is 463 g/mol. The number of rotatable bonds is 6. The largest absolute Gasteiger partial charge is 0.497 e. The van der Waals surface area contributed by atoms with E-state index < -0.39 is 12.0 Å². The maximum absolute atomic E-state index is 14.1. The molecule has 4 rings (SSSR count). The van der Waals surface area contributed by atoms with Crippen molar-refractivity contribution in [2.45, 2.75) is 25.8 Å². The van der Waals surface area contributed by atoms with Gasteiger partial charge in [-0.2, -0.15) is 0 Å². The molecule has 6 nitrogen and oxygen atoms in total. The molecule has 176 valence electrons. The van der Waals surface area contributed by atoms with E-state index in [1.165, 1.54) is 6.07 Å². The maximum Gasteiger partial charge on any atom is 0.229 e. The first-order chi connectivity index (χ1) is 16.4. The number of nitrogens with one attached hydrogen (secondary N) is 1. The first-order valence-corrected chi connectivity index (χ1v) is 11.1. The van der Waals surface area contributed by atoms with Gasteiger partial charge in [0.1, 0.15) is 17.3 Å². The van der Waals surface area contributed by atoms with E-state index in [1.807, 2.05) is 36.4 Å². The number of hydrogen-bond acceptors (Lipinski definition) is 4. The van der Waals surface area contributed by atoms with Crippen molar-refractivity contribution < 1.29 is 23.5 Å². The molecule has 0 spiro atoms. The molecule has 34 heavy (non-hydrogen) atoms. The number of hydrogen-bond donors (Lipinski definition) is 1. The van der Waals surface area contributed by atoms with Crippen molar-refractivity contribution in [3.8, 4) is 11.5 Å². The Morgan fingerprint density at radius 2 is 1.59 bits per heavy atom. The highest BCUT2D eigenvalue weighted by atomic mass is 19.1. The molecule has 0 radical (unpaired) electrons. The van der Waals surface area contributed by atoms with E-state index in [0.717, 1.165) is 5.56 Å². The van der Waals surface area contributed by atoms with Crippen molar-refractivity contribution in [1.29, 1.82) is 0 Å². The fourth-order valence-electron chi connectivity index (χ4n) is 4.30. The van der Waals surface area contributed by atoms with Gasteiger partial charge in [-0.1, -0.05) is 18.2 Å². The third kappa shape index (κ3) is 4.73. The van der Waals surface area contributed by atoms with Crippen LogP contribution in [0, 0.1) is 18.7 Å². The summed E-state index contributed by atoms with van der Waals surface area (Å²) in [6.07, 6.45) is 0.599. The Morgan fingerprint density at radius 3 is 2.18 bits per heavy atom. The van der Waals surface area contributed by atoms with E-state index in [2.05, 4.69) is 5.32 Å². The van der Waals surface area contributed by atoms with Gasteiger partial charge in [0.25, 0.3) is 0 Å².